The number of unbranched alkanes of at least 4 members (excludes halogenated alkanes) is 2. The van der Waals surface area contributed by atoms with Crippen LogP contribution in [0.3, 0.4) is 0 Å². The lowest BCUT2D eigenvalue weighted by Gasteiger charge is -2.29. The maximum atomic E-state index is 14.1. The Bertz CT molecular complexity index is 1410. The molecule has 1 atom stereocenters. The Labute approximate surface area is 260 Å². The minimum Gasteiger partial charge on any atom is -0.492 e. The number of hydrogen-bond donors (Lipinski definition) is 2. The van der Waals surface area contributed by atoms with Gasteiger partial charge in [0.2, 0.25) is 11.1 Å². The van der Waals surface area contributed by atoms with Gasteiger partial charge in [0.15, 0.2) is 11.5 Å². The summed E-state index contributed by atoms with van der Waals surface area (Å²) in [5.74, 6) is 3.10. The van der Waals surface area contributed by atoms with E-state index in [0.29, 0.717) is 65.1 Å². The van der Waals surface area contributed by atoms with Crippen LogP contribution in [0.1, 0.15) is 71.9 Å². The van der Waals surface area contributed by atoms with Crippen LogP contribution >= 0.6 is 27.7 Å². The van der Waals surface area contributed by atoms with Crippen molar-refractivity contribution in [2.24, 2.45) is 0 Å². The van der Waals surface area contributed by atoms with Crippen molar-refractivity contribution in [3.63, 3.8) is 0 Å². The number of benzene rings is 2. The molecule has 0 bridgehead atoms. The number of carbonyl (C=O) groups is 1. The van der Waals surface area contributed by atoms with Gasteiger partial charge in [-0.15, -0.1) is 5.10 Å². The van der Waals surface area contributed by atoms with E-state index in [1.165, 1.54) is 0 Å². The Morgan fingerprint density at radius 2 is 1.79 bits per heavy atom. The van der Waals surface area contributed by atoms with Gasteiger partial charge in [-0.1, -0.05) is 50.6 Å². The maximum absolute atomic E-state index is 14.1. The second-order valence-corrected chi connectivity index (χ2v) is 11.7. The van der Waals surface area contributed by atoms with E-state index < -0.39 is 6.04 Å². The highest BCUT2D eigenvalue weighted by molar-refractivity contribution is 9.10. The number of nitrogens with one attached hydrogen (secondary N) is 2. The molecule has 0 saturated carbocycles. The topological polar surface area (TPSA) is 99.5 Å². The standard InChI is InChI=1S/C31H40BrN5O4S/c1-6-10-16-41-28-22(32)18-21(19-25(28)40-9-4)27-26(29(38)34-23-14-12-13-15-24(23)39-8-3)20(5)33-30-35-31(36-37(27)30)42-17-11-7-2/h12-15,18-19,27H,6-11,16-17H2,1-5H3,(H,34,38)(H,33,35,36). The lowest BCUT2D eigenvalue weighted by molar-refractivity contribution is -0.113. The Kier molecular flexibility index (Phi) is 11.6. The number of aromatic nitrogens is 3. The summed E-state index contributed by atoms with van der Waals surface area (Å²) >= 11 is 5.34. The van der Waals surface area contributed by atoms with Gasteiger partial charge in [0.05, 0.1) is 35.6 Å². The van der Waals surface area contributed by atoms with Gasteiger partial charge in [-0.05, 0) is 79.4 Å². The smallest absolute Gasteiger partial charge is 0.255 e. The number of ether oxygens (including phenoxy) is 3. The third kappa shape index (κ3) is 7.42. The van der Waals surface area contributed by atoms with Gasteiger partial charge in [-0.3, -0.25) is 4.79 Å². The first-order valence-corrected chi connectivity index (χ1v) is 16.4. The molecule has 2 heterocycles. The number of para-hydroxylation sites is 2. The monoisotopic (exact) mass is 657 g/mol. The number of anilines is 2. The van der Waals surface area contributed by atoms with Crippen LogP contribution in [-0.2, 0) is 4.79 Å². The van der Waals surface area contributed by atoms with Gasteiger partial charge in [0, 0.05) is 11.4 Å². The minimum atomic E-state index is -0.575. The van der Waals surface area contributed by atoms with E-state index in [-0.39, 0.29) is 5.91 Å². The van der Waals surface area contributed by atoms with E-state index in [9.17, 15) is 4.79 Å². The maximum Gasteiger partial charge on any atom is 0.255 e. The van der Waals surface area contributed by atoms with Crippen molar-refractivity contribution in [3.05, 3.63) is 57.7 Å². The van der Waals surface area contributed by atoms with Gasteiger partial charge >= 0.3 is 0 Å². The Morgan fingerprint density at radius 1 is 1.05 bits per heavy atom. The highest BCUT2D eigenvalue weighted by Crippen LogP contribution is 2.43. The minimum absolute atomic E-state index is 0.268. The van der Waals surface area contributed by atoms with Crippen LogP contribution in [0.25, 0.3) is 0 Å². The van der Waals surface area contributed by atoms with Gasteiger partial charge in [-0.25, -0.2) is 4.68 Å². The van der Waals surface area contributed by atoms with Crippen LogP contribution in [-0.4, -0.2) is 46.2 Å². The number of fused-ring (bicyclic) bond motifs is 1. The molecule has 1 unspecified atom stereocenters. The summed E-state index contributed by atoms with van der Waals surface area (Å²) in [6.45, 7) is 11.6. The van der Waals surface area contributed by atoms with Gasteiger partial charge in [-0.2, -0.15) is 4.98 Å². The van der Waals surface area contributed by atoms with E-state index >= 15 is 0 Å². The van der Waals surface area contributed by atoms with Crippen LogP contribution < -0.4 is 24.8 Å². The number of allylic oxidation sites excluding steroid dienone is 1. The number of hydrogen-bond acceptors (Lipinski definition) is 8. The number of halogens is 1. The molecular formula is C31H40BrN5O4S. The molecule has 9 nitrogen and oxygen atoms in total. The van der Waals surface area contributed by atoms with Crippen molar-refractivity contribution >= 4 is 45.2 Å². The van der Waals surface area contributed by atoms with E-state index in [1.54, 1.807) is 16.4 Å². The number of nitrogens with zero attached hydrogens (tertiary/aromatic N) is 3. The molecule has 1 aliphatic heterocycles. The summed E-state index contributed by atoms with van der Waals surface area (Å²) in [6.07, 6.45) is 4.12. The SMILES string of the molecule is CCCCOc1c(Br)cc(C2C(C(=O)Nc3ccccc3OCC)=C(C)Nc3nc(SCCCC)nn32)cc1OCC. The predicted octanol–water partition coefficient (Wildman–Crippen LogP) is 7.84. The molecular weight excluding hydrogens is 618 g/mol. The lowest BCUT2D eigenvalue weighted by Crippen LogP contribution is -2.31. The first-order valence-electron chi connectivity index (χ1n) is 14.6. The number of rotatable bonds is 15. The van der Waals surface area contributed by atoms with E-state index in [1.807, 2.05) is 57.2 Å². The van der Waals surface area contributed by atoms with Gasteiger partial charge < -0.3 is 24.8 Å². The van der Waals surface area contributed by atoms with E-state index in [2.05, 4.69) is 40.4 Å². The molecule has 4 rings (SSSR count). The summed E-state index contributed by atoms with van der Waals surface area (Å²) in [5.41, 5.74) is 2.61. The van der Waals surface area contributed by atoms with E-state index in [4.69, 9.17) is 24.3 Å². The van der Waals surface area contributed by atoms with Gasteiger partial charge in [0.25, 0.3) is 5.91 Å². The lowest BCUT2D eigenvalue weighted by atomic mass is 9.94. The molecule has 0 radical (unpaired) electrons. The Balaban J connectivity index is 1.80. The fourth-order valence-corrected chi connectivity index (χ4v) is 6.10. The van der Waals surface area contributed by atoms with Crippen molar-refractivity contribution < 1.29 is 19.0 Å². The number of thioether (sulfide) groups is 1. The highest BCUT2D eigenvalue weighted by Gasteiger charge is 2.35. The number of carbonyl (C=O) groups excluding carboxylic acids is 1. The summed E-state index contributed by atoms with van der Waals surface area (Å²) in [6, 6.07) is 10.8. The Hall–Kier alpha value is -3.18. The zero-order valence-corrected chi connectivity index (χ0v) is 27.4. The van der Waals surface area contributed by atoms with Gasteiger partial charge in [0.1, 0.15) is 11.8 Å². The first kappa shape index (κ1) is 31.7. The largest absolute Gasteiger partial charge is 0.492 e. The zero-order valence-electron chi connectivity index (χ0n) is 25.0. The van der Waals surface area contributed by atoms with Crippen LogP contribution in [0, 0.1) is 0 Å². The molecule has 11 heteroatoms. The predicted molar refractivity (Wildman–Crippen MR) is 172 cm³/mol. The highest BCUT2D eigenvalue weighted by atomic mass is 79.9. The molecule has 0 aliphatic carbocycles. The average molecular weight is 659 g/mol. The molecule has 1 aromatic heterocycles. The van der Waals surface area contributed by atoms with Crippen molar-refractivity contribution in [1.29, 1.82) is 0 Å². The summed E-state index contributed by atoms with van der Waals surface area (Å²) in [5, 5.41) is 11.9. The molecule has 226 valence electrons. The van der Waals surface area contributed by atoms with Crippen molar-refractivity contribution in [2.45, 2.75) is 71.5 Å². The summed E-state index contributed by atoms with van der Waals surface area (Å²) in [4.78, 5) is 18.8. The quantitative estimate of drug-likeness (QED) is 0.126. The van der Waals surface area contributed by atoms with E-state index in [0.717, 1.165) is 41.5 Å². The van der Waals surface area contributed by atoms with Crippen LogP contribution in [0.15, 0.2) is 57.3 Å². The first-order chi connectivity index (χ1) is 20.4. The molecule has 0 spiro atoms. The Morgan fingerprint density at radius 3 is 2.52 bits per heavy atom. The van der Waals surface area contributed by atoms with Crippen molar-refractivity contribution in [1.82, 2.24) is 14.8 Å². The molecule has 0 fully saturated rings. The molecule has 1 aliphatic rings. The molecule has 2 N–H and O–H groups in total. The number of amides is 1. The summed E-state index contributed by atoms with van der Waals surface area (Å²) in [7, 11) is 0. The fourth-order valence-electron chi connectivity index (χ4n) is 4.61. The molecule has 3 aromatic rings. The normalized spacial score (nSPS) is 14.3. The van der Waals surface area contributed by atoms with Crippen LogP contribution in [0.4, 0.5) is 11.6 Å². The van der Waals surface area contributed by atoms with Crippen molar-refractivity contribution in [2.75, 3.05) is 36.2 Å². The van der Waals surface area contributed by atoms with Crippen LogP contribution in [0.5, 0.6) is 17.2 Å². The second kappa shape index (κ2) is 15.3. The molecule has 1 amide bonds. The molecule has 2 aromatic carbocycles. The average Bonchev–Trinajstić information content (AvgIpc) is 3.37. The second-order valence-electron chi connectivity index (χ2n) is 9.78. The fraction of sp³-hybridized carbons (Fsp3) is 0.452. The zero-order chi connectivity index (χ0) is 30.1. The third-order valence-corrected chi connectivity index (χ3v) is 8.15. The molecule has 0 saturated heterocycles. The third-order valence-electron chi connectivity index (χ3n) is 6.63. The summed E-state index contributed by atoms with van der Waals surface area (Å²) < 4.78 is 20.5. The van der Waals surface area contributed by atoms with Crippen molar-refractivity contribution in [3.8, 4) is 17.2 Å². The molecule has 42 heavy (non-hydrogen) atoms. The van der Waals surface area contributed by atoms with Crippen LogP contribution in [0.2, 0.25) is 0 Å².